The SMILES string of the molecule is COc1ccc(CCN2C(=O)CC(N3CCN(c4ccccc4)CC3)C2=O)cc1. The molecule has 2 heterocycles. The number of rotatable bonds is 6. The van der Waals surface area contributed by atoms with Crippen molar-refractivity contribution >= 4 is 17.5 Å². The smallest absolute Gasteiger partial charge is 0.247 e. The fourth-order valence-corrected chi connectivity index (χ4v) is 4.15. The van der Waals surface area contributed by atoms with E-state index >= 15 is 0 Å². The maximum Gasteiger partial charge on any atom is 0.247 e. The first-order valence-electron chi connectivity index (χ1n) is 10.2. The summed E-state index contributed by atoms with van der Waals surface area (Å²) >= 11 is 0. The molecule has 0 bridgehead atoms. The summed E-state index contributed by atoms with van der Waals surface area (Å²) in [5.74, 6) is 0.701. The molecule has 0 saturated carbocycles. The van der Waals surface area contributed by atoms with Gasteiger partial charge in [-0.2, -0.15) is 0 Å². The van der Waals surface area contributed by atoms with E-state index in [4.69, 9.17) is 4.74 Å². The van der Waals surface area contributed by atoms with E-state index < -0.39 is 0 Å². The van der Waals surface area contributed by atoms with E-state index in [0.29, 0.717) is 19.4 Å². The van der Waals surface area contributed by atoms with Gasteiger partial charge < -0.3 is 9.64 Å². The third-order valence-electron chi connectivity index (χ3n) is 5.88. The average Bonchev–Trinajstić information content (AvgIpc) is 3.06. The Balaban J connectivity index is 1.32. The molecule has 0 spiro atoms. The van der Waals surface area contributed by atoms with Gasteiger partial charge >= 0.3 is 0 Å². The van der Waals surface area contributed by atoms with Gasteiger partial charge in [0.25, 0.3) is 0 Å². The topological polar surface area (TPSA) is 53.1 Å². The zero-order valence-electron chi connectivity index (χ0n) is 16.8. The minimum Gasteiger partial charge on any atom is -0.497 e. The maximum atomic E-state index is 12.9. The number of amides is 2. The van der Waals surface area contributed by atoms with Gasteiger partial charge in [-0.25, -0.2) is 0 Å². The summed E-state index contributed by atoms with van der Waals surface area (Å²) in [7, 11) is 1.64. The Morgan fingerprint density at radius 3 is 2.28 bits per heavy atom. The third kappa shape index (κ3) is 4.27. The molecule has 2 aromatic rings. The van der Waals surface area contributed by atoms with Crippen LogP contribution in [0.5, 0.6) is 5.75 Å². The Bertz CT molecular complexity index is 845. The fraction of sp³-hybridized carbons (Fsp3) is 0.391. The molecule has 2 aliphatic heterocycles. The molecule has 1 unspecified atom stereocenters. The fourth-order valence-electron chi connectivity index (χ4n) is 4.15. The maximum absolute atomic E-state index is 12.9. The molecule has 2 amide bonds. The van der Waals surface area contributed by atoms with Crippen LogP contribution < -0.4 is 9.64 Å². The number of para-hydroxylation sites is 1. The monoisotopic (exact) mass is 393 g/mol. The highest BCUT2D eigenvalue weighted by Gasteiger charge is 2.42. The number of likely N-dealkylation sites (tertiary alicyclic amines) is 1. The van der Waals surface area contributed by atoms with Crippen LogP contribution in [-0.4, -0.2) is 67.5 Å². The molecule has 0 aliphatic carbocycles. The number of hydrogen-bond donors (Lipinski definition) is 0. The van der Waals surface area contributed by atoms with Crippen molar-refractivity contribution in [3.8, 4) is 5.75 Å². The minimum atomic E-state index is -0.309. The molecule has 0 aromatic heterocycles. The third-order valence-corrected chi connectivity index (χ3v) is 5.88. The van der Waals surface area contributed by atoms with Crippen LogP contribution in [0.4, 0.5) is 5.69 Å². The van der Waals surface area contributed by atoms with E-state index in [9.17, 15) is 9.59 Å². The van der Waals surface area contributed by atoms with Crippen LogP contribution in [0.1, 0.15) is 12.0 Å². The largest absolute Gasteiger partial charge is 0.497 e. The number of imide groups is 1. The van der Waals surface area contributed by atoms with Crippen molar-refractivity contribution in [2.75, 3.05) is 44.7 Å². The summed E-state index contributed by atoms with van der Waals surface area (Å²) in [6, 6.07) is 17.8. The number of methoxy groups -OCH3 is 1. The number of hydrogen-bond acceptors (Lipinski definition) is 5. The van der Waals surface area contributed by atoms with Gasteiger partial charge in [0.2, 0.25) is 11.8 Å². The molecule has 1 atom stereocenters. The molecular weight excluding hydrogens is 366 g/mol. The van der Waals surface area contributed by atoms with E-state index in [1.54, 1.807) is 7.11 Å². The van der Waals surface area contributed by atoms with Crippen molar-refractivity contribution in [2.24, 2.45) is 0 Å². The lowest BCUT2D eigenvalue weighted by Gasteiger charge is -2.38. The van der Waals surface area contributed by atoms with E-state index in [1.165, 1.54) is 10.6 Å². The predicted molar refractivity (Wildman–Crippen MR) is 112 cm³/mol. The molecule has 2 saturated heterocycles. The molecule has 2 fully saturated rings. The zero-order chi connectivity index (χ0) is 20.2. The van der Waals surface area contributed by atoms with Gasteiger partial charge in [-0.15, -0.1) is 0 Å². The first kappa shape index (κ1) is 19.5. The van der Waals surface area contributed by atoms with Crippen molar-refractivity contribution in [3.05, 3.63) is 60.2 Å². The predicted octanol–water partition coefficient (Wildman–Crippen LogP) is 2.19. The second kappa shape index (κ2) is 8.66. The van der Waals surface area contributed by atoms with Crippen LogP contribution in [-0.2, 0) is 16.0 Å². The van der Waals surface area contributed by atoms with Crippen LogP contribution in [0.3, 0.4) is 0 Å². The highest BCUT2D eigenvalue weighted by atomic mass is 16.5. The van der Waals surface area contributed by atoms with Gasteiger partial charge in [-0.1, -0.05) is 30.3 Å². The summed E-state index contributed by atoms with van der Waals surface area (Å²) in [4.78, 5) is 31.4. The summed E-state index contributed by atoms with van der Waals surface area (Å²) < 4.78 is 5.17. The van der Waals surface area contributed by atoms with Gasteiger partial charge in [0.05, 0.1) is 19.6 Å². The van der Waals surface area contributed by atoms with Crippen molar-refractivity contribution < 1.29 is 14.3 Å². The lowest BCUT2D eigenvalue weighted by atomic mass is 10.1. The van der Waals surface area contributed by atoms with E-state index in [-0.39, 0.29) is 17.9 Å². The van der Waals surface area contributed by atoms with Crippen LogP contribution in [0.2, 0.25) is 0 Å². The number of piperazine rings is 1. The lowest BCUT2D eigenvalue weighted by Crippen LogP contribution is -2.52. The molecule has 2 aromatic carbocycles. The van der Waals surface area contributed by atoms with Gasteiger partial charge in [0, 0.05) is 38.4 Å². The number of benzene rings is 2. The number of anilines is 1. The van der Waals surface area contributed by atoms with Crippen LogP contribution >= 0.6 is 0 Å². The van der Waals surface area contributed by atoms with Crippen LogP contribution in [0.25, 0.3) is 0 Å². The zero-order valence-corrected chi connectivity index (χ0v) is 16.8. The Morgan fingerprint density at radius 2 is 1.62 bits per heavy atom. The van der Waals surface area contributed by atoms with Crippen molar-refractivity contribution in [1.29, 1.82) is 0 Å². The highest BCUT2D eigenvalue weighted by Crippen LogP contribution is 2.23. The summed E-state index contributed by atoms with van der Waals surface area (Å²) in [5.41, 5.74) is 2.30. The summed E-state index contributed by atoms with van der Waals surface area (Å²) in [6.07, 6.45) is 0.961. The Labute approximate surface area is 171 Å². The molecule has 6 heteroatoms. The molecular formula is C23H27N3O3. The Morgan fingerprint density at radius 1 is 0.931 bits per heavy atom. The second-order valence-corrected chi connectivity index (χ2v) is 7.56. The molecule has 2 aliphatic rings. The highest BCUT2D eigenvalue weighted by molar-refractivity contribution is 6.05. The normalized spacial score (nSPS) is 20.4. The van der Waals surface area contributed by atoms with Crippen LogP contribution in [0, 0.1) is 0 Å². The van der Waals surface area contributed by atoms with Gasteiger partial charge in [-0.3, -0.25) is 19.4 Å². The van der Waals surface area contributed by atoms with E-state index in [1.807, 2.05) is 42.5 Å². The van der Waals surface area contributed by atoms with Crippen molar-refractivity contribution in [3.63, 3.8) is 0 Å². The molecule has 0 radical (unpaired) electrons. The standard InChI is InChI=1S/C23H27N3O3/c1-29-20-9-7-18(8-10-20)11-12-26-22(27)17-21(23(26)28)25-15-13-24(14-16-25)19-5-3-2-4-6-19/h2-10,21H,11-17H2,1H3. The second-order valence-electron chi connectivity index (χ2n) is 7.56. The molecule has 4 rings (SSSR count). The minimum absolute atomic E-state index is 0.0447. The van der Waals surface area contributed by atoms with E-state index in [2.05, 4.69) is 21.9 Å². The number of carbonyl (C=O) groups is 2. The molecule has 6 nitrogen and oxygen atoms in total. The summed E-state index contributed by atoms with van der Waals surface area (Å²) in [5, 5.41) is 0. The van der Waals surface area contributed by atoms with Crippen molar-refractivity contribution in [2.45, 2.75) is 18.9 Å². The average molecular weight is 393 g/mol. The first-order chi connectivity index (χ1) is 14.2. The number of nitrogens with zero attached hydrogens (tertiary/aromatic N) is 3. The lowest BCUT2D eigenvalue weighted by molar-refractivity contribution is -0.139. The first-order valence-corrected chi connectivity index (χ1v) is 10.2. The number of carbonyl (C=O) groups excluding carboxylic acids is 2. The van der Waals surface area contributed by atoms with Gasteiger partial charge in [0.15, 0.2) is 0 Å². The molecule has 0 N–H and O–H groups in total. The Hall–Kier alpha value is -2.86. The Kier molecular flexibility index (Phi) is 5.81. The number of ether oxygens (including phenoxy) is 1. The van der Waals surface area contributed by atoms with Gasteiger partial charge in [-0.05, 0) is 36.2 Å². The summed E-state index contributed by atoms with van der Waals surface area (Å²) in [6.45, 7) is 3.77. The van der Waals surface area contributed by atoms with Crippen LogP contribution in [0.15, 0.2) is 54.6 Å². The van der Waals surface area contributed by atoms with Crippen molar-refractivity contribution in [1.82, 2.24) is 9.80 Å². The molecule has 152 valence electrons. The van der Waals surface area contributed by atoms with Gasteiger partial charge in [0.1, 0.15) is 5.75 Å². The molecule has 29 heavy (non-hydrogen) atoms. The van der Waals surface area contributed by atoms with E-state index in [0.717, 1.165) is 37.5 Å². The quantitative estimate of drug-likeness (QED) is 0.705.